The molecule has 3 aliphatic rings. The van der Waals surface area contributed by atoms with Gasteiger partial charge >= 0.3 is 0 Å². The topological polar surface area (TPSA) is 21.3 Å². The van der Waals surface area contributed by atoms with E-state index in [0.717, 1.165) is 12.1 Å². The Hall–Kier alpha value is -0.0800. The van der Waals surface area contributed by atoms with Crippen molar-refractivity contribution < 1.29 is 4.74 Å². The monoisotopic (exact) mass is 127 g/mol. The highest BCUT2D eigenvalue weighted by Crippen LogP contribution is 2.29. The Morgan fingerprint density at radius 1 is 1.22 bits per heavy atom. The molecule has 1 N–H and O–H groups in total. The molecule has 3 rings (SSSR count). The minimum atomic E-state index is 0.551. The van der Waals surface area contributed by atoms with E-state index in [-0.39, 0.29) is 0 Å². The van der Waals surface area contributed by atoms with Crippen LogP contribution in [0.5, 0.6) is 0 Å². The van der Waals surface area contributed by atoms with Gasteiger partial charge in [0.2, 0.25) is 0 Å². The molecule has 1 aliphatic carbocycles. The highest BCUT2D eigenvalue weighted by molar-refractivity contribution is 4.97. The largest absolute Gasteiger partial charge is 0.381 e. The van der Waals surface area contributed by atoms with E-state index in [9.17, 15) is 0 Å². The van der Waals surface area contributed by atoms with E-state index in [1.807, 2.05) is 7.11 Å². The number of rotatable bonds is 1. The van der Waals surface area contributed by atoms with E-state index in [0.29, 0.717) is 6.10 Å². The Labute approximate surface area is 55.6 Å². The summed E-state index contributed by atoms with van der Waals surface area (Å²) in [6, 6.07) is 1.57. The van der Waals surface area contributed by atoms with Crippen molar-refractivity contribution in [2.45, 2.75) is 37.5 Å². The van der Waals surface area contributed by atoms with Gasteiger partial charge in [0, 0.05) is 19.2 Å². The summed E-state index contributed by atoms with van der Waals surface area (Å²) in [5.41, 5.74) is 0. The van der Waals surface area contributed by atoms with Crippen molar-refractivity contribution in [3.8, 4) is 0 Å². The van der Waals surface area contributed by atoms with Crippen molar-refractivity contribution >= 4 is 0 Å². The van der Waals surface area contributed by atoms with Gasteiger partial charge in [-0.3, -0.25) is 0 Å². The Morgan fingerprint density at radius 2 is 1.78 bits per heavy atom. The van der Waals surface area contributed by atoms with E-state index in [4.69, 9.17) is 4.74 Å². The van der Waals surface area contributed by atoms with Crippen molar-refractivity contribution in [2.24, 2.45) is 0 Å². The lowest BCUT2D eigenvalue weighted by atomic mass is 9.81. The maximum absolute atomic E-state index is 5.25. The fraction of sp³-hybridized carbons (Fsp3) is 1.00. The molecule has 0 aromatic rings. The van der Waals surface area contributed by atoms with Crippen molar-refractivity contribution in [2.75, 3.05) is 7.11 Å². The molecule has 0 amide bonds. The zero-order valence-corrected chi connectivity index (χ0v) is 5.76. The van der Waals surface area contributed by atoms with Crippen LogP contribution in [0.25, 0.3) is 0 Å². The predicted molar refractivity (Wildman–Crippen MR) is 35.4 cm³/mol. The van der Waals surface area contributed by atoms with Gasteiger partial charge in [0.05, 0.1) is 6.10 Å². The van der Waals surface area contributed by atoms with Crippen molar-refractivity contribution in [3.63, 3.8) is 0 Å². The number of ether oxygens (including phenoxy) is 1. The molecule has 2 heterocycles. The van der Waals surface area contributed by atoms with Crippen molar-refractivity contribution in [3.05, 3.63) is 0 Å². The summed E-state index contributed by atoms with van der Waals surface area (Å²) in [6.45, 7) is 0. The van der Waals surface area contributed by atoms with Crippen LogP contribution in [-0.2, 0) is 4.74 Å². The molecular weight excluding hydrogens is 114 g/mol. The van der Waals surface area contributed by atoms with Crippen LogP contribution in [0.3, 0.4) is 0 Å². The van der Waals surface area contributed by atoms with Gasteiger partial charge in [0.15, 0.2) is 0 Å². The first-order valence-electron chi connectivity index (χ1n) is 3.67. The average molecular weight is 127 g/mol. The number of methoxy groups -OCH3 is 1. The van der Waals surface area contributed by atoms with Crippen LogP contribution in [0.2, 0.25) is 0 Å². The summed E-state index contributed by atoms with van der Waals surface area (Å²) < 4.78 is 5.25. The minimum Gasteiger partial charge on any atom is -0.381 e. The smallest absolute Gasteiger partial charge is 0.0601 e. The fourth-order valence-corrected chi connectivity index (χ4v) is 1.90. The predicted octanol–water partition coefficient (Wildman–Crippen LogP) is 0.526. The molecule has 2 bridgehead atoms. The molecule has 0 spiro atoms. The van der Waals surface area contributed by atoms with E-state index < -0.39 is 0 Å². The van der Waals surface area contributed by atoms with Crippen LogP contribution in [0.15, 0.2) is 0 Å². The average Bonchev–Trinajstić information content (AvgIpc) is 1.87. The molecule has 0 aromatic heterocycles. The SMILES string of the molecule is COC1C[C@@H]2C[C@H](C1)N2. The molecule has 1 saturated carbocycles. The van der Waals surface area contributed by atoms with Crippen LogP contribution < -0.4 is 5.32 Å². The third-order valence-corrected chi connectivity index (χ3v) is 2.47. The lowest BCUT2D eigenvalue weighted by Gasteiger charge is -2.45. The van der Waals surface area contributed by atoms with Gasteiger partial charge in [0.25, 0.3) is 0 Å². The molecule has 2 nitrogen and oxygen atoms in total. The normalized spacial score (nSPS) is 48.3. The van der Waals surface area contributed by atoms with E-state index in [1.54, 1.807) is 0 Å². The Balaban J connectivity index is 1.89. The molecule has 9 heavy (non-hydrogen) atoms. The fourth-order valence-electron chi connectivity index (χ4n) is 1.90. The molecule has 3 atom stereocenters. The Kier molecular flexibility index (Phi) is 1.24. The summed E-state index contributed by atoms with van der Waals surface area (Å²) in [5.74, 6) is 0. The Morgan fingerprint density at radius 3 is 2.11 bits per heavy atom. The van der Waals surface area contributed by atoms with Gasteiger partial charge in [-0.15, -0.1) is 0 Å². The summed E-state index contributed by atoms with van der Waals surface area (Å²) in [7, 11) is 1.81. The van der Waals surface area contributed by atoms with Crippen molar-refractivity contribution in [1.82, 2.24) is 5.32 Å². The van der Waals surface area contributed by atoms with Crippen LogP contribution in [0, 0.1) is 0 Å². The van der Waals surface area contributed by atoms with E-state index in [2.05, 4.69) is 5.32 Å². The van der Waals surface area contributed by atoms with Gasteiger partial charge in [-0.2, -0.15) is 0 Å². The molecule has 3 fully saturated rings. The molecule has 0 aromatic carbocycles. The number of hydrogen-bond donors (Lipinski definition) is 1. The molecule has 2 aliphatic heterocycles. The number of piperidine rings is 1. The first kappa shape index (κ1) is 5.69. The molecule has 52 valence electrons. The lowest BCUT2D eigenvalue weighted by Crippen LogP contribution is -2.59. The molecule has 0 radical (unpaired) electrons. The zero-order chi connectivity index (χ0) is 6.27. The van der Waals surface area contributed by atoms with Gasteiger partial charge in [-0.25, -0.2) is 0 Å². The molecular formula is C7H13NO. The number of fused-ring (bicyclic) bond motifs is 2. The molecule has 1 unspecified atom stereocenters. The van der Waals surface area contributed by atoms with Gasteiger partial charge in [-0.05, 0) is 19.3 Å². The zero-order valence-electron chi connectivity index (χ0n) is 5.76. The second-order valence-corrected chi connectivity index (χ2v) is 3.13. The summed E-state index contributed by atoms with van der Waals surface area (Å²) in [4.78, 5) is 0. The van der Waals surface area contributed by atoms with Gasteiger partial charge < -0.3 is 10.1 Å². The quantitative estimate of drug-likeness (QED) is 0.554. The highest BCUT2D eigenvalue weighted by Gasteiger charge is 2.37. The Bertz CT molecular complexity index is 99.5. The third-order valence-electron chi connectivity index (χ3n) is 2.47. The summed E-state index contributed by atoms with van der Waals surface area (Å²) >= 11 is 0. The maximum atomic E-state index is 5.25. The summed E-state index contributed by atoms with van der Waals surface area (Å²) in [6.07, 6.45) is 4.40. The first-order valence-corrected chi connectivity index (χ1v) is 3.67. The van der Waals surface area contributed by atoms with Gasteiger partial charge in [-0.1, -0.05) is 0 Å². The van der Waals surface area contributed by atoms with Crippen molar-refractivity contribution in [1.29, 1.82) is 0 Å². The first-order chi connectivity index (χ1) is 4.38. The number of hydrogen-bond acceptors (Lipinski definition) is 2. The third kappa shape index (κ3) is 0.864. The van der Waals surface area contributed by atoms with Gasteiger partial charge in [0.1, 0.15) is 0 Å². The van der Waals surface area contributed by atoms with E-state index >= 15 is 0 Å². The standard InChI is InChI=1S/C7H13NO/c1-9-7-3-5-2-6(4-7)8-5/h5-8H,2-4H2,1H3/t5-,6+,7?. The minimum absolute atomic E-state index is 0.551. The molecule has 2 heteroatoms. The lowest BCUT2D eigenvalue weighted by molar-refractivity contribution is 0.00572. The van der Waals surface area contributed by atoms with Crippen LogP contribution in [-0.4, -0.2) is 25.3 Å². The highest BCUT2D eigenvalue weighted by atomic mass is 16.5. The second kappa shape index (κ2) is 1.96. The molecule has 2 saturated heterocycles. The maximum Gasteiger partial charge on any atom is 0.0601 e. The van der Waals surface area contributed by atoms with Crippen LogP contribution >= 0.6 is 0 Å². The summed E-state index contributed by atoms with van der Waals surface area (Å²) in [5, 5.41) is 3.46. The van der Waals surface area contributed by atoms with Crippen LogP contribution in [0.1, 0.15) is 19.3 Å². The number of nitrogens with one attached hydrogen (secondary N) is 1. The van der Waals surface area contributed by atoms with Crippen LogP contribution in [0.4, 0.5) is 0 Å². The second-order valence-electron chi connectivity index (χ2n) is 3.13. The van der Waals surface area contributed by atoms with E-state index in [1.165, 1.54) is 19.3 Å².